The number of rotatable bonds is 5. The zero-order valence-electron chi connectivity index (χ0n) is 16.9. The Kier molecular flexibility index (Phi) is 5.23. The van der Waals surface area contributed by atoms with Crippen LogP contribution in [0.5, 0.6) is 5.88 Å². The normalized spacial score (nSPS) is 24.4. The van der Waals surface area contributed by atoms with Crippen LogP contribution in [0.1, 0.15) is 26.3 Å². The van der Waals surface area contributed by atoms with Crippen LogP contribution in [0, 0.1) is 23.1 Å². The highest BCUT2D eigenvalue weighted by Crippen LogP contribution is 2.39. The van der Waals surface area contributed by atoms with Crippen molar-refractivity contribution >= 4 is 5.82 Å². The molecule has 3 atom stereocenters. The molecule has 4 rings (SSSR count). The Hall–Kier alpha value is -2.21. The number of fused-ring (bicyclic) bond motifs is 1. The van der Waals surface area contributed by atoms with Gasteiger partial charge in [0, 0.05) is 32.1 Å². The highest BCUT2D eigenvalue weighted by molar-refractivity contribution is 5.40. The molecule has 6 heteroatoms. The van der Waals surface area contributed by atoms with E-state index in [1.54, 1.807) is 18.3 Å². The molecule has 5 nitrogen and oxygen atoms in total. The van der Waals surface area contributed by atoms with Crippen molar-refractivity contribution in [1.82, 2.24) is 15.3 Å². The zero-order valence-corrected chi connectivity index (χ0v) is 16.9. The number of nitrogens with zero attached hydrogens (tertiary/aromatic N) is 3. The van der Waals surface area contributed by atoms with E-state index in [4.69, 9.17) is 4.74 Å². The fourth-order valence-electron chi connectivity index (χ4n) is 4.54. The molecule has 2 aliphatic heterocycles. The van der Waals surface area contributed by atoms with Gasteiger partial charge in [0.25, 0.3) is 0 Å². The predicted molar refractivity (Wildman–Crippen MR) is 108 cm³/mol. The van der Waals surface area contributed by atoms with Gasteiger partial charge in [0.1, 0.15) is 5.82 Å². The maximum Gasteiger partial charge on any atom is 0.234 e. The summed E-state index contributed by atoms with van der Waals surface area (Å²) in [4.78, 5) is 11.4. The maximum atomic E-state index is 13.0. The minimum atomic E-state index is -0.220. The van der Waals surface area contributed by atoms with Gasteiger partial charge in [0.2, 0.25) is 5.88 Å². The summed E-state index contributed by atoms with van der Waals surface area (Å²) < 4.78 is 18.8. The number of hydrogen-bond acceptors (Lipinski definition) is 5. The second-order valence-electron chi connectivity index (χ2n) is 9.02. The first-order valence-electron chi connectivity index (χ1n) is 10.1. The fraction of sp³-hybridized carbons (Fsp3) is 0.545. The number of benzene rings is 1. The SMILES string of the molecule is CC(C)(C)C1NC[C@@H]2CN(c3cncc(OCCc4ccc(F)cc4)n3)C[C@@H]12. The van der Waals surface area contributed by atoms with E-state index in [0.717, 1.165) is 31.0 Å². The van der Waals surface area contributed by atoms with E-state index in [-0.39, 0.29) is 11.2 Å². The van der Waals surface area contributed by atoms with Gasteiger partial charge in [0.05, 0.1) is 19.0 Å². The highest BCUT2D eigenvalue weighted by Gasteiger charge is 2.46. The van der Waals surface area contributed by atoms with Crippen LogP contribution in [-0.2, 0) is 6.42 Å². The molecule has 0 amide bonds. The van der Waals surface area contributed by atoms with Crippen molar-refractivity contribution in [3.63, 3.8) is 0 Å². The standard InChI is InChI=1S/C22H29FN4O/c1-22(2,3)21-18-14-27(13-16(18)10-25-21)19-11-24-12-20(26-19)28-9-8-15-4-6-17(23)7-5-15/h4-7,11-12,16,18,21,25H,8-10,13-14H2,1-3H3/t16-,18-,21?/m1/s1. The first-order chi connectivity index (χ1) is 13.4. The molecule has 1 aromatic carbocycles. The summed E-state index contributed by atoms with van der Waals surface area (Å²) in [5.41, 5.74) is 1.30. The van der Waals surface area contributed by atoms with Gasteiger partial charge < -0.3 is 15.0 Å². The first kappa shape index (κ1) is 19.1. The number of aromatic nitrogens is 2. The number of halogens is 1. The summed E-state index contributed by atoms with van der Waals surface area (Å²) in [5, 5.41) is 3.72. The van der Waals surface area contributed by atoms with Crippen molar-refractivity contribution < 1.29 is 9.13 Å². The van der Waals surface area contributed by atoms with Crippen molar-refractivity contribution in [1.29, 1.82) is 0 Å². The average molecular weight is 384 g/mol. The van der Waals surface area contributed by atoms with Crippen LogP contribution in [0.25, 0.3) is 0 Å². The lowest BCUT2D eigenvalue weighted by atomic mass is 9.78. The zero-order chi connectivity index (χ0) is 19.7. The number of ether oxygens (including phenoxy) is 1. The summed E-state index contributed by atoms with van der Waals surface area (Å²) >= 11 is 0. The van der Waals surface area contributed by atoms with E-state index in [9.17, 15) is 4.39 Å². The monoisotopic (exact) mass is 384 g/mol. The highest BCUT2D eigenvalue weighted by atomic mass is 19.1. The molecular weight excluding hydrogens is 355 g/mol. The van der Waals surface area contributed by atoms with Crippen molar-refractivity contribution in [2.75, 3.05) is 31.1 Å². The van der Waals surface area contributed by atoms with Crippen LogP contribution in [0.3, 0.4) is 0 Å². The number of hydrogen-bond donors (Lipinski definition) is 1. The molecule has 28 heavy (non-hydrogen) atoms. The Labute approximate surface area is 166 Å². The molecule has 0 saturated carbocycles. The lowest BCUT2D eigenvalue weighted by Crippen LogP contribution is -2.42. The van der Waals surface area contributed by atoms with Crippen LogP contribution >= 0.6 is 0 Å². The summed E-state index contributed by atoms with van der Waals surface area (Å²) in [7, 11) is 0. The van der Waals surface area contributed by atoms with Crippen LogP contribution in [-0.4, -0.2) is 42.3 Å². The number of nitrogens with one attached hydrogen (secondary N) is 1. The van der Waals surface area contributed by atoms with E-state index >= 15 is 0 Å². The molecule has 1 N–H and O–H groups in total. The summed E-state index contributed by atoms with van der Waals surface area (Å²) in [6.07, 6.45) is 4.19. The third-order valence-corrected chi connectivity index (χ3v) is 5.93. The predicted octanol–water partition coefficient (Wildman–Crippen LogP) is 3.31. The second-order valence-corrected chi connectivity index (χ2v) is 9.02. The Balaban J connectivity index is 1.36. The van der Waals surface area contributed by atoms with Gasteiger partial charge in [-0.3, -0.25) is 4.98 Å². The quantitative estimate of drug-likeness (QED) is 0.857. The van der Waals surface area contributed by atoms with Crippen molar-refractivity contribution in [2.45, 2.75) is 33.2 Å². The van der Waals surface area contributed by atoms with Crippen molar-refractivity contribution in [3.8, 4) is 5.88 Å². The van der Waals surface area contributed by atoms with Crippen molar-refractivity contribution in [3.05, 3.63) is 48.0 Å². The minimum absolute atomic E-state index is 0.220. The molecule has 0 radical (unpaired) electrons. The first-order valence-corrected chi connectivity index (χ1v) is 10.1. The van der Waals surface area contributed by atoms with Gasteiger partial charge in [-0.15, -0.1) is 0 Å². The van der Waals surface area contributed by atoms with Gasteiger partial charge in [-0.1, -0.05) is 32.9 Å². The molecule has 2 saturated heterocycles. The van der Waals surface area contributed by atoms with Gasteiger partial charge in [0.15, 0.2) is 5.82 Å². The lowest BCUT2D eigenvalue weighted by Gasteiger charge is -2.32. The maximum absolute atomic E-state index is 13.0. The Morgan fingerprint density at radius 3 is 2.71 bits per heavy atom. The largest absolute Gasteiger partial charge is 0.476 e. The molecule has 0 bridgehead atoms. The van der Waals surface area contributed by atoms with Crippen LogP contribution < -0.4 is 15.0 Å². The topological polar surface area (TPSA) is 50.3 Å². The molecule has 3 heterocycles. The smallest absolute Gasteiger partial charge is 0.234 e. The third-order valence-electron chi connectivity index (χ3n) is 5.93. The van der Waals surface area contributed by atoms with Gasteiger partial charge in [-0.25, -0.2) is 4.39 Å². The summed E-state index contributed by atoms with van der Waals surface area (Å²) in [6, 6.07) is 7.04. The van der Waals surface area contributed by atoms with Crippen LogP contribution in [0.4, 0.5) is 10.2 Å². The van der Waals surface area contributed by atoms with E-state index in [1.165, 1.54) is 12.1 Å². The van der Waals surface area contributed by atoms with E-state index in [0.29, 0.717) is 36.8 Å². The molecule has 1 unspecified atom stereocenters. The summed E-state index contributed by atoms with van der Waals surface area (Å²) in [5.74, 6) is 2.52. The Morgan fingerprint density at radius 1 is 1.18 bits per heavy atom. The van der Waals surface area contributed by atoms with Crippen molar-refractivity contribution in [2.24, 2.45) is 17.3 Å². The lowest BCUT2D eigenvalue weighted by molar-refractivity contribution is 0.240. The molecule has 1 aromatic heterocycles. The fourth-order valence-corrected chi connectivity index (χ4v) is 4.54. The van der Waals surface area contributed by atoms with E-state index in [2.05, 4.69) is 41.0 Å². The van der Waals surface area contributed by atoms with Gasteiger partial charge in [-0.2, -0.15) is 4.98 Å². The molecular formula is C22H29FN4O. The van der Waals surface area contributed by atoms with E-state index < -0.39 is 0 Å². The van der Waals surface area contributed by atoms with E-state index in [1.807, 2.05) is 6.20 Å². The minimum Gasteiger partial charge on any atom is -0.476 e. The number of anilines is 1. The van der Waals surface area contributed by atoms with Crippen LogP contribution in [0.15, 0.2) is 36.7 Å². The Morgan fingerprint density at radius 2 is 1.96 bits per heavy atom. The average Bonchev–Trinajstić information content (AvgIpc) is 3.23. The Bertz CT molecular complexity index is 805. The summed E-state index contributed by atoms with van der Waals surface area (Å²) in [6.45, 7) is 10.5. The molecule has 2 fully saturated rings. The molecule has 150 valence electrons. The van der Waals surface area contributed by atoms with Crippen LogP contribution in [0.2, 0.25) is 0 Å². The second kappa shape index (κ2) is 7.66. The van der Waals surface area contributed by atoms with Gasteiger partial charge in [-0.05, 0) is 34.9 Å². The molecule has 0 aliphatic carbocycles. The molecule has 0 spiro atoms. The molecule has 2 aromatic rings. The third kappa shape index (κ3) is 4.12. The van der Waals surface area contributed by atoms with Gasteiger partial charge >= 0.3 is 0 Å². The molecule has 2 aliphatic rings.